The highest BCUT2D eigenvalue weighted by atomic mass is 16.3. The lowest BCUT2D eigenvalue weighted by Gasteiger charge is -2.24. The third kappa shape index (κ3) is 2.83. The maximum absolute atomic E-state index is 9.59. The standard InChI is InChI=1S/C17H20N2O/c1-13-8-17(15-5-3-7-18-10-15)19(11-13)12-14-4-2-6-16(20)9-14/h2-7,9-10,13,17,20H,8,11-12H2,1H3/t13-,17-/m0/s1. The van der Waals surface area contributed by atoms with Crippen molar-refractivity contribution in [1.29, 1.82) is 0 Å². The van der Waals surface area contributed by atoms with Gasteiger partial charge in [-0.25, -0.2) is 0 Å². The number of likely N-dealkylation sites (tertiary alicyclic amines) is 1. The molecule has 2 heterocycles. The van der Waals surface area contributed by atoms with Crippen molar-refractivity contribution in [2.45, 2.75) is 25.9 Å². The highest BCUT2D eigenvalue weighted by Gasteiger charge is 2.30. The van der Waals surface area contributed by atoms with E-state index in [0.717, 1.165) is 18.7 Å². The van der Waals surface area contributed by atoms with E-state index in [9.17, 15) is 5.11 Å². The highest BCUT2D eigenvalue weighted by Crippen LogP contribution is 2.36. The number of aromatic nitrogens is 1. The third-order valence-electron chi connectivity index (χ3n) is 3.98. The second-order valence-corrected chi connectivity index (χ2v) is 5.74. The minimum Gasteiger partial charge on any atom is -0.508 e. The summed E-state index contributed by atoms with van der Waals surface area (Å²) < 4.78 is 0. The van der Waals surface area contributed by atoms with Crippen LogP contribution in [0.3, 0.4) is 0 Å². The van der Waals surface area contributed by atoms with Gasteiger partial charge >= 0.3 is 0 Å². The predicted molar refractivity (Wildman–Crippen MR) is 79.3 cm³/mol. The number of benzene rings is 1. The van der Waals surface area contributed by atoms with Gasteiger partial charge in [0.25, 0.3) is 0 Å². The number of phenols is 1. The number of pyridine rings is 1. The zero-order valence-electron chi connectivity index (χ0n) is 11.7. The maximum Gasteiger partial charge on any atom is 0.115 e. The summed E-state index contributed by atoms with van der Waals surface area (Å²) in [5.41, 5.74) is 2.45. The summed E-state index contributed by atoms with van der Waals surface area (Å²) in [7, 11) is 0. The first-order valence-electron chi connectivity index (χ1n) is 7.14. The largest absolute Gasteiger partial charge is 0.508 e. The van der Waals surface area contributed by atoms with Crippen molar-refractivity contribution < 1.29 is 5.11 Å². The van der Waals surface area contributed by atoms with E-state index in [-0.39, 0.29) is 0 Å². The van der Waals surface area contributed by atoms with Crippen LogP contribution in [-0.4, -0.2) is 21.5 Å². The molecule has 1 aliphatic rings. The molecule has 20 heavy (non-hydrogen) atoms. The molecular formula is C17H20N2O. The summed E-state index contributed by atoms with van der Waals surface area (Å²) in [6.07, 6.45) is 4.96. The van der Waals surface area contributed by atoms with Gasteiger partial charge in [0, 0.05) is 31.5 Å². The Morgan fingerprint density at radius 3 is 2.95 bits per heavy atom. The summed E-state index contributed by atoms with van der Waals surface area (Å²) in [5.74, 6) is 1.03. The first-order chi connectivity index (χ1) is 9.72. The van der Waals surface area contributed by atoms with Crippen molar-refractivity contribution in [2.24, 2.45) is 5.92 Å². The van der Waals surface area contributed by atoms with Crippen LogP contribution < -0.4 is 0 Å². The van der Waals surface area contributed by atoms with E-state index in [1.54, 1.807) is 6.07 Å². The van der Waals surface area contributed by atoms with E-state index >= 15 is 0 Å². The predicted octanol–water partition coefficient (Wildman–Crippen LogP) is 3.37. The molecule has 0 amide bonds. The molecule has 3 heteroatoms. The van der Waals surface area contributed by atoms with Gasteiger partial charge in [0.1, 0.15) is 5.75 Å². The van der Waals surface area contributed by atoms with Crippen LogP contribution in [0.1, 0.15) is 30.5 Å². The molecule has 1 aromatic heterocycles. The smallest absolute Gasteiger partial charge is 0.115 e. The van der Waals surface area contributed by atoms with Crippen LogP contribution in [0.25, 0.3) is 0 Å². The van der Waals surface area contributed by atoms with Crippen LogP contribution in [0, 0.1) is 5.92 Å². The normalized spacial score (nSPS) is 23.1. The molecule has 104 valence electrons. The number of hydrogen-bond donors (Lipinski definition) is 1. The Morgan fingerprint density at radius 1 is 1.30 bits per heavy atom. The number of phenolic OH excluding ortho intramolecular Hbond substituents is 1. The van der Waals surface area contributed by atoms with Gasteiger partial charge in [-0.3, -0.25) is 9.88 Å². The van der Waals surface area contributed by atoms with E-state index < -0.39 is 0 Å². The summed E-state index contributed by atoms with van der Waals surface area (Å²) in [4.78, 5) is 6.73. The monoisotopic (exact) mass is 268 g/mol. The summed E-state index contributed by atoms with van der Waals surface area (Å²) in [6.45, 7) is 4.26. The molecule has 1 aromatic carbocycles. The zero-order valence-corrected chi connectivity index (χ0v) is 11.7. The SMILES string of the molecule is C[C@H]1C[C@@H](c2cccnc2)N(Cc2cccc(O)c2)C1. The van der Waals surface area contributed by atoms with Crippen molar-refractivity contribution in [1.82, 2.24) is 9.88 Å². The fourth-order valence-electron chi connectivity index (χ4n) is 3.12. The summed E-state index contributed by atoms with van der Waals surface area (Å²) in [5, 5.41) is 9.59. The molecule has 0 unspecified atom stereocenters. The molecule has 0 radical (unpaired) electrons. The molecule has 3 rings (SSSR count). The lowest BCUT2D eigenvalue weighted by molar-refractivity contribution is 0.245. The quantitative estimate of drug-likeness (QED) is 0.927. The van der Waals surface area contributed by atoms with Gasteiger partial charge in [-0.2, -0.15) is 0 Å². The van der Waals surface area contributed by atoms with Crippen LogP contribution in [0.2, 0.25) is 0 Å². The van der Waals surface area contributed by atoms with Crippen molar-refractivity contribution >= 4 is 0 Å². The van der Waals surface area contributed by atoms with E-state index in [2.05, 4.69) is 28.9 Å². The minimum absolute atomic E-state index is 0.340. The topological polar surface area (TPSA) is 36.4 Å². The second-order valence-electron chi connectivity index (χ2n) is 5.74. The van der Waals surface area contributed by atoms with Gasteiger partial charge in [0.2, 0.25) is 0 Å². The average Bonchev–Trinajstić information content (AvgIpc) is 2.80. The molecule has 0 spiro atoms. The van der Waals surface area contributed by atoms with Crippen molar-refractivity contribution in [3.8, 4) is 5.75 Å². The van der Waals surface area contributed by atoms with Crippen molar-refractivity contribution in [3.05, 3.63) is 59.9 Å². The molecular weight excluding hydrogens is 248 g/mol. The number of nitrogens with zero attached hydrogens (tertiary/aromatic N) is 2. The molecule has 1 saturated heterocycles. The Hall–Kier alpha value is -1.87. The van der Waals surface area contributed by atoms with E-state index in [1.807, 2.05) is 30.6 Å². The van der Waals surface area contributed by atoms with Gasteiger partial charge in [0.05, 0.1) is 0 Å². The molecule has 2 atom stereocenters. The Morgan fingerprint density at radius 2 is 2.20 bits per heavy atom. The van der Waals surface area contributed by atoms with Gasteiger partial charge in [-0.1, -0.05) is 25.1 Å². The first-order valence-corrected chi connectivity index (χ1v) is 7.14. The van der Waals surface area contributed by atoms with Crippen molar-refractivity contribution in [3.63, 3.8) is 0 Å². The fourth-order valence-corrected chi connectivity index (χ4v) is 3.12. The Kier molecular flexibility index (Phi) is 3.70. The van der Waals surface area contributed by atoms with Crippen LogP contribution in [0.5, 0.6) is 5.75 Å². The lowest BCUT2D eigenvalue weighted by Crippen LogP contribution is -2.23. The van der Waals surface area contributed by atoms with Gasteiger partial charge in [0.15, 0.2) is 0 Å². The Labute approximate surface area is 119 Å². The van der Waals surface area contributed by atoms with Crippen LogP contribution in [-0.2, 0) is 6.54 Å². The van der Waals surface area contributed by atoms with Crippen LogP contribution in [0.15, 0.2) is 48.8 Å². The summed E-state index contributed by atoms with van der Waals surface area (Å²) >= 11 is 0. The number of hydrogen-bond acceptors (Lipinski definition) is 3. The first kappa shape index (κ1) is 13.1. The fraction of sp³-hybridized carbons (Fsp3) is 0.353. The number of rotatable bonds is 3. The van der Waals surface area contributed by atoms with Gasteiger partial charge < -0.3 is 5.11 Å². The molecule has 1 N–H and O–H groups in total. The highest BCUT2D eigenvalue weighted by molar-refractivity contribution is 5.27. The van der Waals surface area contributed by atoms with Crippen molar-refractivity contribution in [2.75, 3.05) is 6.54 Å². The van der Waals surface area contributed by atoms with E-state index in [4.69, 9.17) is 0 Å². The molecule has 2 aromatic rings. The van der Waals surface area contributed by atoms with E-state index in [1.165, 1.54) is 12.0 Å². The second kappa shape index (κ2) is 5.63. The number of aromatic hydroxyl groups is 1. The molecule has 3 nitrogen and oxygen atoms in total. The third-order valence-corrected chi connectivity index (χ3v) is 3.98. The molecule has 1 aliphatic heterocycles. The Balaban J connectivity index is 1.80. The zero-order chi connectivity index (χ0) is 13.9. The molecule has 1 fully saturated rings. The van der Waals surface area contributed by atoms with Gasteiger partial charge in [-0.15, -0.1) is 0 Å². The van der Waals surface area contributed by atoms with Crippen LogP contribution >= 0.6 is 0 Å². The van der Waals surface area contributed by atoms with E-state index in [0.29, 0.717) is 17.7 Å². The lowest BCUT2D eigenvalue weighted by atomic mass is 10.0. The van der Waals surface area contributed by atoms with Crippen LogP contribution in [0.4, 0.5) is 0 Å². The molecule has 0 saturated carbocycles. The average molecular weight is 268 g/mol. The molecule has 0 bridgehead atoms. The minimum atomic E-state index is 0.340. The molecule has 0 aliphatic carbocycles. The maximum atomic E-state index is 9.59. The Bertz CT molecular complexity index is 570. The van der Waals surface area contributed by atoms with Gasteiger partial charge in [-0.05, 0) is 41.7 Å². The summed E-state index contributed by atoms with van der Waals surface area (Å²) in [6, 6.07) is 12.1.